The highest BCUT2D eigenvalue weighted by atomic mass is 16.5. The SMILES string of the molecule is COC(=O)N[C@H](C(=O)OC)C(C)(C)C. The van der Waals surface area contributed by atoms with Crippen molar-refractivity contribution in [3.8, 4) is 0 Å². The van der Waals surface area contributed by atoms with E-state index in [1.54, 1.807) is 0 Å². The molecule has 0 aliphatic rings. The van der Waals surface area contributed by atoms with Crippen molar-refractivity contribution in [2.75, 3.05) is 14.2 Å². The lowest BCUT2D eigenvalue weighted by Gasteiger charge is -2.28. The maximum atomic E-state index is 11.3. The van der Waals surface area contributed by atoms with E-state index in [0.717, 1.165) is 0 Å². The lowest BCUT2D eigenvalue weighted by Crippen LogP contribution is -2.49. The van der Waals surface area contributed by atoms with Gasteiger partial charge in [-0.2, -0.15) is 0 Å². The van der Waals surface area contributed by atoms with Crippen LogP contribution < -0.4 is 5.32 Å². The number of carbonyl (C=O) groups excluding carboxylic acids is 2. The van der Waals surface area contributed by atoms with Gasteiger partial charge in [0.1, 0.15) is 6.04 Å². The third kappa shape index (κ3) is 3.64. The lowest BCUT2D eigenvalue weighted by atomic mass is 9.87. The van der Waals surface area contributed by atoms with Crippen LogP contribution in [0, 0.1) is 5.41 Å². The molecule has 0 unspecified atom stereocenters. The van der Waals surface area contributed by atoms with E-state index in [1.807, 2.05) is 20.8 Å². The number of hydrogen-bond acceptors (Lipinski definition) is 4. The highest BCUT2D eigenvalue weighted by Gasteiger charge is 2.33. The van der Waals surface area contributed by atoms with E-state index >= 15 is 0 Å². The molecule has 0 bridgehead atoms. The van der Waals surface area contributed by atoms with Crippen LogP contribution in [0.5, 0.6) is 0 Å². The zero-order valence-electron chi connectivity index (χ0n) is 9.21. The summed E-state index contributed by atoms with van der Waals surface area (Å²) in [5.41, 5.74) is -0.415. The van der Waals surface area contributed by atoms with Crippen molar-refractivity contribution in [1.29, 1.82) is 0 Å². The summed E-state index contributed by atoms with van der Waals surface area (Å²) in [6.07, 6.45) is -0.643. The van der Waals surface area contributed by atoms with Crippen LogP contribution in [-0.2, 0) is 14.3 Å². The Kier molecular flexibility index (Phi) is 4.40. The van der Waals surface area contributed by atoms with Crippen LogP contribution in [0.2, 0.25) is 0 Å². The third-order valence-corrected chi connectivity index (χ3v) is 1.75. The number of carbonyl (C=O) groups is 2. The summed E-state index contributed by atoms with van der Waals surface area (Å²) in [7, 11) is 2.52. The highest BCUT2D eigenvalue weighted by Crippen LogP contribution is 2.20. The summed E-state index contributed by atoms with van der Waals surface area (Å²) in [6.45, 7) is 5.47. The summed E-state index contributed by atoms with van der Waals surface area (Å²) >= 11 is 0. The van der Waals surface area contributed by atoms with E-state index in [1.165, 1.54) is 14.2 Å². The average Bonchev–Trinajstić information content (AvgIpc) is 2.10. The molecular formula is C9H17NO4. The van der Waals surface area contributed by atoms with Crippen LogP contribution in [0.1, 0.15) is 20.8 Å². The summed E-state index contributed by atoms with van der Waals surface area (Å²) < 4.78 is 8.99. The first-order valence-corrected chi connectivity index (χ1v) is 4.25. The molecule has 82 valence electrons. The van der Waals surface area contributed by atoms with Gasteiger partial charge in [-0.25, -0.2) is 9.59 Å². The van der Waals surface area contributed by atoms with Crippen molar-refractivity contribution in [2.24, 2.45) is 5.41 Å². The molecule has 0 aliphatic carbocycles. The Morgan fingerprint density at radius 1 is 1.14 bits per heavy atom. The summed E-state index contributed by atoms with van der Waals surface area (Å²) in [5, 5.41) is 2.42. The molecule has 0 aliphatic heterocycles. The molecule has 5 heteroatoms. The maximum absolute atomic E-state index is 11.3. The van der Waals surface area contributed by atoms with Crippen LogP contribution >= 0.6 is 0 Å². The number of amides is 1. The predicted octanol–water partition coefficient (Wildman–Crippen LogP) is 0.930. The zero-order chi connectivity index (χ0) is 11.4. The van der Waals surface area contributed by atoms with Gasteiger partial charge in [0.25, 0.3) is 0 Å². The predicted molar refractivity (Wildman–Crippen MR) is 50.8 cm³/mol. The quantitative estimate of drug-likeness (QED) is 0.678. The van der Waals surface area contributed by atoms with Gasteiger partial charge in [-0.15, -0.1) is 0 Å². The Hall–Kier alpha value is -1.26. The van der Waals surface area contributed by atoms with Gasteiger partial charge < -0.3 is 14.8 Å². The van der Waals surface area contributed by atoms with Crippen LogP contribution in [-0.4, -0.2) is 32.3 Å². The van der Waals surface area contributed by atoms with Crippen molar-refractivity contribution in [2.45, 2.75) is 26.8 Å². The number of alkyl carbamates (subject to hydrolysis) is 1. The summed E-state index contributed by atoms with van der Waals surface area (Å²) in [6, 6.07) is -0.708. The molecule has 1 atom stereocenters. The molecule has 0 fully saturated rings. The average molecular weight is 203 g/mol. The minimum Gasteiger partial charge on any atom is -0.467 e. The number of nitrogens with one attached hydrogen (secondary N) is 1. The zero-order valence-corrected chi connectivity index (χ0v) is 9.21. The van der Waals surface area contributed by atoms with Crippen molar-refractivity contribution in [3.63, 3.8) is 0 Å². The van der Waals surface area contributed by atoms with Crippen molar-refractivity contribution < 1.29 is 19.1 Å². The van der Waals surface area contributed by atoms with Gasteiger partial charge in [-0.1, -0.05) is 20.8 Å². The molecule has 0 saturated carbocycles. The molecule has 0 spiro atoms. The van der Waals surface area contributed by atoms with Crippen LogP contribution in [0.25, 0.3) is 0 Å². The molecule has 0 heterocycles. The molecule has 0 radical (unpaired) electrons. The Labute approximate surface area is 83.8 Å². The Bertz CT molecular complexity index is 219. The van der Waals surface area contributed by atoms with E-state index in [-0.39, 0.29) is 0 Å². The van der Waals surface area contributed by atoms with E-state index in [9.17, 15) is 9.59 Å². The van der Waals surface area contributed by atoms with E-state index < -0.39 is 23.5 Å². The van der Waals surface area contributed by atoms with Crippen LogP contribution in [0.3, 0.4) is 0 Å². The smallest absolute Gasteiger partial charge is 0.407 e. The van der Waals surface area contributed by atoms with Crippen LogP contribution in [0.4, 0.5) is 4.79 Å². The number of rotatable bonds is 2. The van der Waals surface area contributed by atoms with Crippen molar-refractivity contribution in [3.05, 3.63) is 0 Å². The molecule has 1 amide bonds. The van der Waals surface area contributed by atoms with Crippen molar-refractivity contribution in [1.82, 2.24) is 5.32 Å². The molecule has 0 aromatic carbocycles. The van der Waals surface area contributed by atoms with Crippen molar-refractivity contribution >= 4 is 12.1 Å². The fourth-order valence-electron chi connectivity index (χ4n) is 0.924. The van der Waals surface area contributed by atoms with Gasteiger partial charge in [-0.3, -0.25) is 0 Å². The van der Waals surface area contributed by atoms with Crippen LogP contribution in [0.15, 0.2) is 0 Å². The third-order valence-electron chi connectivity index (χ3n) is 1.75. The van der Waals surface area contributed by atoms with Gasteiger partial charge in [0.2, 0.25) is 0 Å². The molecule has 0 rings (SSSR count). The van der Waals surface area contributed by atoms with Gasteiger partial charge in [0, 0.05) is 0 Å². The first-order chi connectivity index (χ1) is 6.32. The van der Waals surface area contributed by atoms with E-state index in [4.69, 9.17) is 0 Å². The minimum atomic E-state index is -0.708. The van der Waals surface area contributed by atoms with E-state index in [2.05, 4.69) is 14.8 Å². The standard InChI is InChI=1S/C9H17NO4/c1-9(2,3)6(7(11)13-4)10-8(12)14-5/h6H,1-5H3,(H,10,12)/t6-/m1/s1. The lowest BCUT2D eigenvalue weighted by molar-refractivity contribution is -0.145. The monoisotopic (exact) mass is 203 g/mol. The second-order valence-electron chi connectivity index (χ2n) is 3.96. The van der Waals surface area contributed by atoms with Gasteiger partial charge >= 0.3 is 12.1 Å². The number of methoxy groups -OCH3 is 2. The number of ether oxygens (including phenoxy) is 2. The molecule has 1 N–H and O–H groups in total. The second kappa shape index (κ2) is 4.83. The Morgan fingerprint density at radius 2 is 1.64 bits per heavy atom. The first kappa shape index (κ1) is 12.7. The normalized spacial score (nSPS) is 12.9. The summed E-state index contributed by atoms with van der Waals surface area (Å²) in [4.78, 5) is 22.3. The molecular weight excluding hydrogens is 186 g/mol. The molecule has 5 nitrogen and oxygen atoms in total. The summed E-state index contributed by atoms with van der Waals surface area (Å²) in [5.74, 6) is -0.483. The molecule has 0 saturated heterocycles. The number of esters is 1. The largest absolute Gasteiger partial charge is 0.467 e. The van der Waals surface area contributed by atoms with Gasteiger partial charge in [0.15, 0.2) is 0 Å². The fraction of sp³-hybridized carbons (Fsp3) is 0.778. The highest BCUT2D eigenvalue weighted by molar-refractivity contribution is 5.81. The fourth-order valence-corrected chi connectivity index (χ4v) is 0.924. The Morgan fingerprint density at radius 3 is 1.93 bits per heavy atom. The molecule has 14 heavy (non-hydrogen) atoms. The van der Waals surface area contributed by atoms with Gasteiger partial charge in [-0.05, 0) is 5.41 Å². The molecule has 0 aromatic rings. The molecule has 0 aromatic heterocycles. The maximum Gasteiger partial charge on any atom is 0.407 e. The second-order valence-corrected chi connectivity index (χ2v) is 3.96. The number of hydrogen-bond donors (Lipinski definition) is 1. The minimum absolute atomic E-state index is 0.415. The Balaban J connectivity index is 4.58. The van der Waals surface area contributed by atoms with E-state index in [0.29, 0.717) is 0 Å². The topological polar surface area (TPSA) is 64.6 Å². The first-order valence-electron chi connectivity index (χ1n) is 4.25. The van der Waals surface area contributed by atoms with Gasteiger partial charge in [0.05, 0.1) is 14.2 Å².